The molecule has 1 aromatic rings. The maximum absolute atomic E-state index is 5.27. The Labute approximate surface area is 79.7 Å². The zero-order valence-corrected chi connectivity index (χ0v) is 8.35. The fourth-order valence-corrected chi connectivity index (χ4v) is 1.29. The van der Waals surface area contributed by atoms with Crippen LogP contribution >= 0.6 is 0 Å². The molecule has 1 heteroatoms. The second-order valence-electron chi connectivity index (χ2n) is 3.13. The first kappa shape index (κ1) is 9.67. The van der Waals surface area contributed by atoms with Crippen LogP contribution in [-0.2, 0) is 6.42 Å². The highest BCUT2D eigenvalue weighted by molar-refractivity contribution is 5.43. The molecule has 0 atom stereocenters. The Kier molecular flexibility index (Phi) is 2.97. The standard InChI is InChI=1S/C12H14O/c1-5-6-11-7-9(2)10(3)8-12(11)13-4/h1,7-8H,6H2,2-4H3. The summed E-state index contributed by atoms with van der Waals surface area (Å²) in [6, 6.07) is 4.12. The Morgan fingerprint density at radius 3 is 2.46 bits per heavy atom. The minimum absolute atomic E-state index is 0.629. The molecule has 68 valence electrons. The first-order valence-electron chi connectivity index (χ1n) is 4.26. The highest BCUT2D eigenvalue weighted by atomic mass is 16.5. The van der Waals surface area contributed by atoms with Crippen LogP contribution in [0.1, 0.15) is 16.7 Å². The summed E-state index contributed by atoms with van der Waals surface area (Å²) in [5, 5.41) is 0. The molecule has 0 unspecified atom stereocenters. The van der Waals surface area contributed by atoms with Gasteiger partial charge in [0.05, 0.1) is 7.11 Å². The fourth-order valence-electron chi connectivity index (χ4n) is 1.29. The van der Waals surface area contributed by atoms with Crippen molar-refractivity contribution in [1.82, 2.24) is 0 Å². The normalized spacial score (nSPS) is 9.38. The Bertz CT molecular complexity index is 345. The Balaban J connectivity index is 3.18. The van der Waals surface area contributed by atoms with Gasteiger partial charge in [0.15, 0.2) is 0 Å². The van der Waals surface area contributed by atoms with Crippen LogP contribution in [0.3, 0.4) is 0 Å². The molecule has 13 heavy (non-hydrogen) atoms. The lowest BCUT2D eigenvalue weighted by Gasteiger charge is -2.09. The van der Waals surface area contributed by atoms with Gasteiger partial charge in [-0.25, -0.2) is 0 Å². The van der Waals surface area contributed by atoms with E-state index in [9.17, 15) is 0 Å². The van der Waals surface area contributed by atoms with Gasteiger partial charge in [-0.3, -0.25) is 0 Å². The van der Waals surface area contributed by atoms with Crippen LogP contribution in [0.5, 0.6) is 5.75 Å². The SMILES string of the molecule is C#CCc1cc(C)c(C)cc1OC. The van der Waals surface area contributed by atoms with E-state index in [0.717, 1.165) is 11.3 Å². The summed E-state index contributed by atoms with van der Waals surface area (Å²) in [6.07, 6.45) is 5.90. The van der Waals surface area contributed by atoms with E-state index in [1.165, 1.54) is 11.1 Å². The van der Waals surface area contributed by atoms with Crippen LogP contribution in [0.4, 0.5) is 0 Å². The van der Waals surface area contributed by atoms with E-state index < -0.39 is 0 Å². The molecule has 0 aliphatic rings. The summed E-state index contributed by atoms with van der Waals surface area (Å²) >= 11 is 0. The van der Waals surface area contributed by atoms with Gasteiger partial charge in [0, 0.05) is 12.0 Å². The Morgan fingerprint density at radius 2 is 1.92 bits per heavy atom. The largest absolute Gasteiger partial charge is 0.496 e. The molecule has 0 radical (unpaired) electrons. The van der Waals surface area contributed by atoms with E-state index in [4.69, 9.17) is 11.2 Å². The van der Waals surface area contributed by atoms with Crippen molar-refractivity contribution in [3.05, 3.63) is 28.8 Å². The smallest absolute Gasteiger partial charge is 0.123 e. The third-order valence-electron chi connectivity index (χ3n) is 2.19. The first-order chi connectivity index (χ1) is 6.19. The first-order valence-corrected chi connectivity index (χ1v) is 4.26. The van der Waals surface area contributed by atoms with Crippen molar-refractivity contribution in [2.75, 3.05) is 7.11 Å². The van der Waals surface area contributed by atoms with Crippen molar-refractivity contribution < 1.29 is 4.74 Å². The van der Waals surface area contributed by atoms with E-state index in [0.29, 0.717) is 6.42 Å². The molecule has 0 aromatic heterocycles. The lowest BCUT2D eigenvalue weighted by Crippen LogP contribution is -1.94. The van der Waals surface area contributed by atoms with Crippen LogP contribution in [-0.4, -0.2) is 7.11 Å². The third-order valence-corrected chi connectivity index (χ3v) is 2.19. The van der Waals surface area contributed by atoms with Gasteiger partial charge in [0.25, 0.3) is 0 Å². The third kappa shape index (κ3) is 2.03. The van der Waals surface area contributed by atoms with E-state index >= 15 is 0 Å². The molecule has 0 saturated carbocycles. The number of hydrogen-bond donors (Lipinski definition) is 0. The molecule has 1 aromatic carbocycles. The van der Waals surface area contributed by atoms with Crippen molar-refractivity contribution in [2.24, 2.45) is 0 Å². The quantitative estimate of drug-likeness (QED) is 0.626. The average Bonchev–Trinajstić information content (AvgIpc) is 2.11. The minimum Gasteiger partial charge on any atom is -0.496 e. The Morgan fingerprint density at radius 1 is 1.31 bits per heavy atom. The van der Waals surface area contributed by atoms with Crippen LogP contribution in [0.15, 0.2) is 12.1 Å². The number of rotatable bonds is 2. The molecule has 0 heterocycles. The fraction of sp³-hybridized carbons (Fsp3) is 0.333. The van der Waals surface area contributed by atoms with Gasteiger partial charge in [0.1, 0.15) is 5.75 Å². The van der Waals surface area contributed by atoms with Gasteiger partial charge in [0.2, 0.25) is 0 Å². The second-order valence-corrected chi connectivity index (χ2v) is 3.13. The molecule has 0 aliphatic carbocycles. The van der Waals surface area contributed by atoms with Gasteiger partial charge in [-0.2, -0.15) is 0 Å². The lowest BCUT2D eigenvalue weighted by atomic mass is 10.0. The van der Waals surface area contributed by atoms with Gasteiger partial charge in [-0.15, -0.1) is 12.3 Å². The Hall–Kier alpha value is -1.42. The van der Waals surface area contributed by atoms with E-state index in [1.54, 1.807) is 7.11 Å². The summed E-state index contributed by atoms with van der Waals surface area (Å²) in [7, 11) is 1.67. The van der Waals surface area contributed by atoms with Crippen molar-refractivity contribution in [3.63, 3.8) is 0 Å². The van der Waals surface area contributed by atoms with Crippen LogP contribution < -0.4 is 4.74 Å². The second kappa shape index (κ2) is 4.00. The predicted octanol–water partition coefficient (Wildman–Crippen LogP) is 2.49. The molecule has 0 aliphatic heterocycles. The molecule has 0 saturated heterocycles. The number of hydrogen-bond acceptors (Lipinski definition) is 1. The van der Waals surface area contributed by atoms with Crippen molar-refractivity contribution in [2.45, 2.75) is 20.3 Å². The lowest BCUT2D eigenvalue weighted by molar-refractivity contribution is 0.410. The number of benzene rings is 1. The molecule has 0 bridgehead atoms. The maximum Gasteiger partial charge on any atom is 0.123 e. The monoisotopic (exact) mass is 174 g/mol. The van der Waals surface area contributed by atoms with Crippen molar-refractivity contribution >= 4 is 0 Å². The summed E-state index contributed by atoms with van der Waals surface area (Å²) in [4.78, 5) is 0. The van der Waals surface area contributed by atoms with Crippen LogP contribution in [0, 0.1) is 26.2 Å². The molecule has 1 rings (SSSR count). The highest BCUT2D eigenvalue weighted by Gasteiger charge is 2.03. The molecular weight excluding hydrogens is 160 g/mol. The van der Waals surface area contributed by atoms with Gasteiger partial charge in [-0.1, -0.05) is 6.07 Å². The van der Waals surface area contributed by atoms with Gasteiger partial charge >= 0.3 is 0 Å². The van der Waals surface area contributed by atoms with Crippen LogP contribution in [0.2, 0.25) is 0 Å². The van der Waals surface area contributed by atoms with Crippen molar-refractivity contribution in [3.8, 4) is 18.1 Å². The maximum atomic E-state index is 5.27. The molecule has 0 spiro atoms. The summed E-state index contributed by atoms with van der Waals surface area (Å²) in [5.41, 5.74) is 3.58. The zero-order valence-electron chi connectivity index (χ0n) is 8.35. The topological polar surface area (TPSA) is 9.23 Å². The molecule has 1 nitrogen and oxygen atoms in total. The number of methoxy groups -OCH3 is 1. The summed E-state index contributed by atoms with van der Waals surface area (Å²) in [5.74, 6) is 3.52. The predicted molar refractivity (Wildman–Crippen MR) is 55.0 cm³/mol. The van der Waals surface area contributed by atoms with E-state index in [2.05, 4.69) is 25.8 Å². The molecular formula is C12H14O. The van der Waals surface area contributed by atoms with Gasteiger partial charge < -0.3 is 4.74 Å². The van der Waals surface area contributed by atoms with Crippen LogP contribution in [0.25, 0.3) is 0 Å². The zero-order chi connectivity index (χ0) is 9.84. The average molecular weight is 174 g/mol. The van der Waals surface area contributed by atoms with Gasteiger partial charge in [-0.05, 0) is 31.0 Å². The molecule has 0 fully saturated rings. The number of ether oxygens (including phenoxy) is 1. The molecule has 0 amide bonds. The number of aryl methyl sites for hydroxylation is 2. The minimum atomic E-state index is 0.629. The van der Waals surface area contributed by atoms with Crippen molar-refractivity contribution in [1.29, 1.82) is 0 Å². The molecule has 0 N–H and O–H groups in total. The van der Waals surface area contributed by atoms with E-state index in [1.807, 2.05) is 6.07 Å². The summed E-state index contributed by atoms with van der Waals surface area (Å²) in [6.45, 7) is 4.15. The summed E-state index contributed by atoms with van der Waals surface area (Å²) < 4.78 is 5.24. The van der Waals surface area contributed by atoms with E-state index in [-0.39, 0.29) is 0 Å². The highest BCUT2D eigenvalue weighted by Crippen LogP contribution is 2.22. The number of terminal acetylenes is 1.